The highest BCUT2D eigenvalue weighted by Gasteiger charge is 2.36. The minimum absolute atomic E-state index is 0. The van der Waals surface area contributed by atoms with Gasteiger partial charge >= 0.3 is 5.97 Å². The zero-order valence-corrected chi connectivity index (χ0v) is 17.5. The summed E-state index contributed by atoms with van der Waals surface area (Å²) >= 11 is 0. The standard InChI is InChI=1S/C22H18F3N3O3.ClH/c23-12-1-3-13(4-2-12)28-11-16(22(30)31)21(29)15-9-17(24)20(18(25)19(15)28)27-8-7-26-6-5-14(27)10-26;/h1-4,9,11,14H,5-8,10H2,(H,30,31);1H. The molecule has 6 nitrogen and oxygen atoms in total. The van der Waals surface area contributed by atoms with Crippen LogP contribution in [0.5, 0.6) is 0 Å². The number of hydrogen-bond donors (Lipinski definition) is 1. The summed E-state index contributed by atoms with van der Waals surface area (Å²) in [5.74, 6) is -3.89. The average molecular weight is 466 g/mol. The van der Waals surface area contributed by atoms with E-state index in [-0.39, 0.29) is 40.7 Å². The summed E-state index contributed by atoms with van der Waals surface area (Å²) in [6.45, 7) is 2.69. The van der Waals surface area contributed by atoms with Crippen LogP contribution in [0.2, 0.25) is 0 Å². The molecule has 2 fully saturated rings. The van der Waals surface area contributed by atoms with E-state index in [0.29, 0.717) is 19.6 Å². The van der Waals surface area contributed by atoms with Crippen LogP contribution in [0.25, 0.3) is 16.6 Å². The lowest BCUT2D eigenvalue weighted by atomic mass is 10.1. The highest BCUT2D eigenvalue weighted by atomic mass is 35.5. The topological polar surface area (TPSA) is 65.8 Å². The molecule has 3 aromatic rings. The summed E-state index contributed by atoms with van der Waals surface area (Å²) in [7, 11) is 0. The van der Waals surface area contributed by atoms with E-state index < -0.39 is 34.4 Å². The molecule has 0 spiro atoms. The van der Waals surface area contributed by atoms with Gasteiger partial charge in [0.15, 0.2) is 5.82 Å². The summed E-state index contributed by atoms with van der Waals surface area (Å²) in [6, 6.07) is 5.81. The Labute approximate surface area is 186 Å². The van der Waals surface area contributed by atoms with Gasteiger partial charge < -0.3 is 14.6 Å². The second kappa shape index (κ2) is 8.14. The Kier molecular flexibility index (Phi) is 5.64. The minimum atomic E-state index is -1.52. The normalized spacial score (nSPS) is 19.8. The number of anilines is 1. The molecule has 1 aromatic heterocycles. The lowest BCUT2D eigenvalue weighted by molar-refractivity contribution is 0.0695. The first-order chi connectivity index (χ1) is 14.8. The van der Waals surface area contributed by atoms with E-state index in [4.69, 9.17) is 0 Å². The maximum Gasteiger partial charge on any atom is 0.341 e. The number of carbonyl (C=O) groups is 1. The molecule has 0 aliphatic carbocycles. The van der Waals surface area contributed by atoms with Crippen LogP contribution < -0.4 is 10.3 Å². The number of benzene rings is 2. The third kappa shape index (κ3) is 3.41. The zero-order valence-electron chi connectivity index (χ0n) is 16.7. The Bertz CT molecular complexity index is 1280. The van der Waals surface area contributed by atoms with Crippen molar-refractivity contribution in [3.63, 3.8) is 0 Å². The first-order valence-electron chi connectivity index (χ1n) is 9.90. The zero-order chi connectivity index (χ0) is 21.9. The first kappa shape index (κ1) is 22.2. The molecular weight excluding hydrogens is 447 g/mol. The number of hydrogen-bond acceptors (Lipinski definition) is 4. The quantitative estimate of drug-likeness (QED) is 0.642. The van der Waals surface area contributed by atoms with E-state index in [1.54, 1.807) is 4.90 Å². The van der Waals surface area contributed by atoms with Crippen molar-refractivity contribution in [3.05, 3.63) is 69.8 Å². The molecule has 2 bridgehead atoms. The van der Waals surface area contributed by atoms with Gasteiger partial charge in [-0.3, -0.25) is 9.69 Å². The number of pyridine rings is 1. The molecule has 0 amide bonds. The van der Waals surface area contributed by atoms with Crippen LogP contribution in [0.4, 0.5) is 18.9 Å². The predicted molar refractivity (Wildman–Crippen MR) is 116 cm³/mol. The molecule has 3 heterocycles. The van der Waals surface area contributed by atoms with Gasteiger partial charge in [-0.25, -0.2) is 18.0 Å². The van der Waals surface area contributed by atoms with Crippen LogP contribution in [-0.4, -0.2) is 52.8 Å². The van der Waals surface area contributed by atoms with E-state index in [1.165, 1.54) is 16.7 Å². The van der Waals surface area contributed by atoms with E-state index in [1.807, 2.05) is 0 Å². The molecule has 5 rings (SSSR count). The van der Waals surface area contributed by atoms with Crippen molar-refractivity contribution < 1.29 is 23.1 Å². The van der Waals surface area contributed by atoms with Gasteiger partial charge in [0, 0.05) is 44.1 Å². The van der Waals surface area contributed by atoms with Gasteiger partial charge in [-0.2, -0.15) is 0 Å². The molecule has 168 valence electrons. The van der Waals surface area contributed by atoms with Crippen molar-refractivity contribution in [2.75, 3.05) is 31.1 Å². The summed E-state index contributed by atoms with van der Waals surface area (Å²) in [6.07, 6.45) is 1.78. The van der Waals surface area contributed by atoms with Gasteiger partial charge in [-0.15, -0.1) is 12.4 Å². The second-order valence-corrected chi connectivity index (χ2v) is 7.88. The summed E-state index contributed by atoms with van der Waals surface area (Å²) in [5, 5.41) is 9.05. The van der Waals surface area contributed by atoms with Gasteiger partial charge in [-0.1, -0.05) is 0 Å². The molecule has 2 unspecified atom stereocenters. The summed E-state index contributed by atoms with van der Waals surface area (Å²) in [5.41, 5.74) is -1.82. The van der Waals surface area contributed by atoms with Crippen LogP contribution in [0.3, 0.4) is 0 Å². The van der Waals surface area contributed by atoms with Crippen molar-refractivity contribution in [3.8, 4) is 5.69 Å². The molecule has 2 aromatic carbocycles. The fraction of sp³-hybridized carbons (Fsp3) is 0.273. The first-order valence-corrected chi connectivity index (χ1v) is 9.90. The van der Waals surface area contributed by atoms with Crippen LogP contribution in [0.15, 0.2) is 41.3 Å². The van der Waals surface area contributed by atoms with Crippen molar-refractivity contribution in [1.82, 2.24) is 9.47 Å². The number of carboxylic acids is 1. The Balaban J connectivity index is 0.00000245. The Hall–Kier alpha value is -3.04. The number of aromatic nitrogens is 1. The third-order valence-electron chi connectivity index (χ3n) is 6.12. The van der Waals surface area contributed by atoms with Crippen LogP contribution in [0.1, 0.15) is 16.8 Å². The SMILES string of the molecule is Cl.O=C(O)c1cn(-c2ccc(F)cc2)c2c(F)c(N3CCN4CCC3C4)c(F)cc2c1=O. The van der Waals surface area contributed by atoms with E-state index in [9.17, 15) is 19.1 Å². The number of piperazine rings is 1. The van der Waals surface area contributed by atoms with Gasteiger partial charge in [0.05, 0.1) is 10.9 Å². The smallest absolute Gasteiger partial charge is 0.341 e. The highest BCUT2D eigenvalue weighted by Crippen LogP contribution is 2.35. The average Bonchev–Trinajstić information content (AvgIpc) is 3.12. The van der Waals surface area contributed by atoms with Crippen molar-refractivity contribution >= 4 is 35.0 Å². The Morgan fingerprint density at radius 1 is 1.06 bits per heavy atom. The monoisotopic (exact) mass is 465 g/mol. The van der Waals surface area contributed by atoms with E-state index in [0.717, 1.165) is 37.4 Å². The van der Waals surface area contributed by atoms with Gasteiger partial charge in [0.25, 0.3) is 0 Å². The van der Waals surface area contributed by atoms with Crippen molar-refractivity contribution in [2.24, 2.45) is 0 Å². The lowest BCUT2D eigenvalue weighted by Gasteiger charge is -2.36. The predicted octanol–water partition coefficient (Wildman–Crippen LogP) is 3.42. The van der Waals surface area contributed by atoms with Crippen LogP contribution >= 0.6 is 12.4 Å². The van der Waals surface area contributed by atoms with Gasteiger partial charge in [0.2, 0.25) is 5.43 Å². The molecule has 1 N–H and O–H groups in total. The van der Waals surface area contributed by atoms with Crippen LogP contribution in [0, 0.1) is 17.5 Å². The minimum Gasteiger partial charge on any atom is -0.477 e. The number of carboxylic acid groups (broad SMARTS) is 1. The molecule has 2 aliphatic rings. The summed E-state index contributed by atoms with van der Waals surface area (Å²) in [4.78, 5) is 28.2. The molecule has 2 saturated heterocycles. The third-order valence-corrected chi connectivity index (χ3v) is 6.12. The number of nitrogens with zero attached hydrogens (tertiary/aromatic N) is 3. The largest absolute Gasteiger partial charge is 0.477 e. The van der Waals surface area contributed by atoms with Gasteiger partial charge in [0.1, 0.15) is 22.9 Å². The highest BCUT2D eigenvalue weighted by molar-refractivity contribution is 5.94. The molecule has 32 heavy (non-hydrogen) atoms. The molecule has 0 saturated carbocycles. The molecule has 2 atom stereocenters. The second-order valence-electron chi connectivity index (χ2n) is 7.88. The van der Waals surface area contributed by atoms with E-state index >= 15 is 8.78 Å². The van der Waals surface area contributed by atoms with Crippen LogP contribution in [-0.2, 0) is 0 Å². The maximum absolute atomic E-state index is 15.9. The molecule has 2 aliphatic heterocycles. The molecule has 10 heteroatoms. The fourth-order valence-electron chi connectivity index (χ4n) is 4.62. The number of halogens is 4. The van der Waals surface area contributed by atoms with E-state index in [2.05, 4.69) is 4.90 Å². The number of rotatable bonds is 3. The lowest BCUT2D eigenvalue weighted by Crippen LogP contribution is -2.47. The fourth-order valence-corrected chi connectivity index (χ4v) is 4.62. The molecular formula is C22H19ClF3N3O3. The Morgan fingerprint density at radius 2 is 1.78 bits per heavy atom. The number of aromatic carboxylic acids is 1. The number of fused-ring (bicyclic) bond motifs is 3. The van der Waals surface area contributed by atoms with Gasteiger partial charge in [-0.05, 0) is 36.8 Å². The molecule has 0 radical (unpaired) electrons. The Morgan fingerprint density at radius 3 is 2.47 bits per heavy atom. The summed E-state index contributed by atoms with van der Waals surface area (Å²) < 4.78 is 45.6. The van der Waals surface area contributed by atoms with Crippen molar-refractivity contribution in [1.29, 1.82) is 0 Å². The van der Waals surface area contributed by atoms with Crippen molar-refractivity contribution in [2.45, 2.75) is 12.5 Å². The maximum atomic E-state index is 15.9.